The van der Waals surface area contributed by atoms with Crippen molar-refractivity contribution >= 4 is 17.5 Å². The van der Waals surface area contributed by atoms with E-state index in [9.17, 15) is 9.59 Å². The molecule has 0 aliphatic heterocycles. The van der Waals surface area contributed by atoms with Crippen LogP contribution in [0.25, 0.3) is 0 Å². The summed E-state index contributed by atoms with van der Waals surface area (Å²) in [7, 11) is 1.58. The summed E-state index contributed by atoms with van der Waals surface area (Å²) in [6, 6.07) is 14.0. The number of hydrogen-bond donors (Lipinski definition) is 2. The summed E-state index contributed by atoms with van der Waals surface area (Å²) in [5.74, 6) is 6.24. The molecule has 0 atom stereocenters. The van der Waals surface area contributed by atoms with Crippen molar-refractivity contribution in [3.05, 3.63) is 59.7 Å². The Kier molecular flexibility index (Phi) is 5.98. The van der Waals surface area contributed by atoms with Crippen LogP contribution >= 0.6 is 0 Å². The minimum absolute atomic E-state index is 0.116. The molecular formula is C19H18N2O3. The number of carbonyl (C=O) groups is 2. The van der Waals surface area contributed by atoms with Crippen molar-refractivity contribution in [1.29, 1.82) is 0 Å². The van der Waals surface area contributed by atoms with E-state index < -0.39 is 0 Å². The predicted molar refractivity (Wildman–Crippen MR) is 93.0 cm³/mol. The van der Waals surface area contributed by atoms with Gasteiger partial charge in [-0.1, -0.05) is 11.8 Å². The van der Waals surface area contributed by atoms with Gasteiger partial charge in [-0.05, 0) is 48.5 Å². The maximum absolute atomic E-state index is 11.9. The Hall–Kier alpha value is -3.26. The molecule has 0 saturated heterocycles. The van der Waals surface area contributed by atoms with E-state index in [0.29, 0.717) is 11.3 Å². The van der Waals surface area contributed by atoms with Gasteiger partial charge in [-0.15, -0.1) is 0 Å². The lowest BCUT2D eigenvalue weighted by Crippen LogP contribution is -2.23. The third-order valence-electron chi connectivity index (χ3n) is 3.13. The number of carbonyl (C=O) groups excluding carboxylic acids is 2. The summed E-state index contributed by atoms with van der Waals surface area (Å²) >= 11 is 0. The van der Waals surface area contributed by atoms with E-state index >= 15 is 0 Å². The van der Waals surface area contributed by atoms with Gasteiger partial charge in [-0.2, -0.15) is 0 Å². The molecule has 0 unspecified atom stereocenters. The molecule has 5 nitrogen and oxygen atoms in total. The van der Waals surface area contributed by atoms with Gasteiger partial charge in [-0.3, -0.25) is 9.59 Å². The Labute approximate surface area is 141 Å². The molecule has 2 N–H and O–H groups in total. The average Bonchev–Trinajstić information content (AvgIpc) is 2.59. The van der Waals surface area contributed by atoms with Crippen molar-refractivity contribution < 1.29 is 14.3 Å². The van der Waals surface area contributed by atoms with Crippen molar-refractivity contribution in [3.8, 4) is 17.6 Å². The fourth-order valence-corrected chi connectivity index (χ4v) is 1.96. The fourth-order valence-electron chi connectivity index (χ4n) is 1.96. The van der Waals surface area contributed by atoms with Crippen LogP contribution in [0, 0.1) is 11.8 Å². The third kappa shape index (κ3) is 5.18. The Morgan fingerprint density at radius 1 is 1.04 bits per heavy atom. The second-order valence-corrected chi connectivity index (χ2v) is 4.97. The highest BCUT2D eigenvalue weighted by Crippen LogP contribution is 2.11. The summed E-state index contributed by atoms with van der Waals surface area (Å²) in [6.45, 7) is 1.71. The predicted octanol–water partition coefficient (Wildman–Crippen LogP) is 2.44. The van der Waals surface area contributed by atoms with Crippen LogP contribution in [0.15, 0.2) is 48.5 Å². The van der Waals surface area contributed by atoms with Crippen LogP contribution in [0.5, 0.6) is 5.75 Å². The number of benzene rings is 2. The van der Waals surface area contributed by atoms with Gasteiger partial charge >= 0.3 is 0 Å². The Morgan fingerprint density at radius 3 is 2.29 bits per heavy atom. The normalized spacial score (nSPS) is 9.42. The van der Waals surface area contributed by atoms with Gasteiger partial charge in [0.2, 0.25) is 5.91 Å². The number of hydrogen-bond acceptors (Lipinski definition) is 3. The van der Waals surface area contributed by atoms with Gasteiger partial charge < -0.3 is 15.4 Å². The Bertz CT molecular complexity index is 769. The van der Waals surface area contributed by atoms with Crippen LogP contribution in [0.2, 0.25) is 0 Å². The molecule has 0 fully saturated rings. The van der Waals surface area contributed by atoms with E-state index in [0.717, 1.165) is 11.3 Å². The first kappa shape index (κ1) is 17.1. The van der Waals surface area contributed by atoms with Crippen LogP contribution < -0.4 is 15.4 Å². The summed E-state index contributed by atoms with van der Waals surface area (Å²) in [4.78, 5) is 22.9. The highest BCUT2D eigenvalue weighted by molar-refractivity contribution is 5.94. The molecule has 0 radical (unpaired) electrons. The topological polar surface area (TPSA) is 67.4 Å². The SMILES string of the molecule is COc1ccc(C(=O)NCC#Cc2ccc(NC(C)=O)cc2)cc1. The van der Waals surface area contributed by atoms with Gasteiger partial charge in [0.1, 0.15) is 5.75 Å². The van der Waals surface area contributed by atoms with Crippen LogP contribution in [-0.4, -0.2) is 25.5 Å². The lowest BCUT2D eigenvalue weighted by atomic mass is 10.2. The molecule has 122 valence electrons. The quantitative estimate of drug-likeness (QED) is 0.850. The molecule has 0 heterocycles. The van der Waals surface area contributed by atoms with E-state index in [4.69, 9.17) is 4.74 Å². The molecule has 24 heavy (non-hydrogen) atoms. The first-order valence-corrected chi connectivity index (χ1v) is 7.37. The summed E-state index contributed by atoms with van der Waals surface area (Å²) < 4.78 is 5.05. The molecule has 2 aromatic rings. The lowest BCUT2D eigenvalue weighted by Gasteiger charge is -2.03. The van der Waals surface area contributed by atoms with Gasteiger partial charge in [0.25, 0.3) is 5.91 Å². The van der Waals surface area contributed by atoms with Crippen LogP contribution in [-0.2, 0) is 4.79 Å². The Balaban J connectivity index is 1.86. The smallest absolute Gasteiger partial charge is 0.252 e. The Morgan fingerprint density at radius 2 is 1.71 bits per heavy atom. The zero-order valence-corrected chi connectivity index (χ0v) is 13.6. The van der Waals surface area contributed by atoms with Crippen LogP contribution in [0.4, 0.5) is 5.69 Å². The third-order valence-corrected chi connectivity index (χ3v) is 3.13. The molecule has 0 aliphatic rings. The molecular weight excluding hydrogens is 304 g/mol. The summed E-state index contributed by atoms with van der Waals surface area (Å²) in [5.41, 5.74) is 2.08. The molecule has 2 aromatic carbocycles. The highest BCUT2D eigenvalue weighted by atomic mass is 16.5. The molecule has 0 spiro atoms. The molecule has 2 rings (SSSR count). The zero-order valence-electron chi connectivity index (χ0n) is 13.6. The molecule has 2 amide bonds. The standard InChI is InChI=1S/C19H18N2O3/c1-14(22)21-17-9-5-15(6-10-17)4-3-13-20-19(23)16-7-11-18(24-2)12-8-16/h5-12H,13H2,1-2H3,(H,20,23)(H,21,22). The van der Waals surface area contributed by atoms with Gasteiger partial charge in [0.15, 0.2) is 0 Å². The number of anilines is 1. The molecule has 0 aliphatic carbocycles. The fraction of sp³-hybridized carbons (Fsp3) is 0.158. The van der Waals surface area contributed by atoms with E-state index in [1.54, 1.807) is 43.5 Å². The number of ether oxygens (including phenoxy) is 1. The van der Waals surface area contributed by atoms with Crippen molar-refractivity contribution in [2.75, 3.05) is 19.0 Å². The number of amides is 2. The lowest BCUT2D eigenvalue weighted by molar-refractivity contribution is -0.114. The minimum atomic E-state index is -0.187. The maximum Gasteiger partial charge on any atom is 0.252 e. The number of rotatable bonds is 4. The van der Waals surface area contributed by atoms with Crippen molar-refractivity contribution in [2.24, 2.45) is 0 Å². The zero-order chi connectivity index (χ0) is 17.4. The molecule has 0 saturated carbocycles. The second-order valence-electron chi connectivity index (χ2n) is 4.97. The van der Waals surface area contributed by atoms with Crippen molar-refractivity contribution in [2.45, 2.75) is 6.92 Å². The molecule has 5 heteroatoms. The summed E-state index contributed by atoms with van der Waals surface area (Å²) in [6.07, 6.45) is 0. The monoisotopic (exact) mass is 322 g/mol. The highest BCUT2D eigenvalue weighted by Gasteiger charge is 2.03. The molecule has 0 bridgehead atoms. The van der Waals surface area contributed by atoms with Gasteiger partial charge in [-0.25, -0.2) is 0 Å². The van der Waals surface area contributed by atoms with Crippen LogP contribution in [0.3, 0.4) is 0 Å². The van der Waals surface area contributed by atoms with E-state index in [-0.39, 0.29) is 18.4 Å². The van der Waals surface area contributed by atoms with E-state index in [1.807, 2.05) is 12.1 Å². The van der Waals surface area contributed by atoms with Gasteiger partial charge in [0, 0.05) is 23.7 Å². The number of methoxy groups -OCH3 is 1. The first-order valence-electron chi connectivity index (χ1n) is 7.37. The van der Waals surface area contributed by atoms with Crippen molar-refractivity contribution in [1.82, 2.24) is 5.32 Å². The number of nitrogens with one attached hydrogen (secondary N) is 2. The maximum atomic E-state index is 11.9. The first-order chi connectivity index (χ1) is 11.6. The van der Waals surface area contributed by atoms with Crippen molar-refractivity contribution in [3.63, 3.8) is 0 Å². The minimum Gasteiger partial charge on any atom is -0.497 e. The average molecular weight is 322 g/mol. The van der Waals surface area contributed by atoms with E-state index in [2.05, 4.69) is 22.5 Å². The molecule has 0 aromatic heterocycles. The van der Waals surface area contributed by atoms with Crippen LogP contribution in [0.1, 0.15) is 22.8 Å². The van der Waals surface area contributed by atoms with Gasteiger partial charge in [0.05, 0.1) is 13.7 Å². The van der Waals surface area contributed by atoms with E-state index in [1.165, 1.54) is 6.92 Å². The summed E-state index contributed by atoms with van der Waals surface area (Å²) in [5, 5.41) is 5.42. The largest absolute Gasteiger partial charge is 0.497 e. The second kappa shape index (κ2) is 8.39.